The molecule has 1 aromatic heterocycles. The molecule has 1 unspecified atom stereocenters. The Hall–Kier alpha value is -2.22. The van der Waals surface area contributed by atoms with E-state index < -0.39 is 6.10 Å². The summed E-state index contributed by atoms with van der Waals surface area (Å²) in [5, 5.41) is 15.7. The summed E-state index contributed by atoms with van der Waals surface area (Å²) >= 11 is 12.6. The van der Waals surface area contributed by atoms with Gasteiger partial charge in [0.15, 0.2) is 0 Å². The van der Waals surface area contributed by atoms with Gasteiger partial charge in [0.05, 0.1) is 12.1 Å². The normalized spacial score (nSPS) is 26.4. The van der Waals surface area contributed by atoms with Crippen LogP contribution in [0.25, 0.3) is 0 Å². The topological polar surface area (TPSA) is 98.7 Å². The van der Waals surface area contributed by atoms with Crippen molar-refractivity contribution in [2.75, 3.05) is 36.4 Å². The van der Waals surface area contributed by atoms with Crippen LogP contribution in [-0.4, -0.2) is 58.3 Å². The van der Waals surface area contributed by atoms with Crippen molar-refractivity contribution in [3.05, 3.63) is 45.6 Å². The Kier molecular flexibility index (Phi) is 9.33. The van der Waals surface area contributed by atoms with Crippen molar-refractivity contribution < 1.29 is 14.7 Å². The van der Waals surface area contributed by atoms with E-state index in [9.17, 15) is 5.11 Å². The lowest BCUT2D eigenvalue weighted by molar-refractivity contribution is -0.191. The average molecular weight is 589 g/mol. The van der Waals surface area contributed by atoms with E-state index in [1.807, 2.05) is 18.3 Å². The smallest absolute Gasteiger partial charge is 0.373 e. The number of anilines is 2. The number of nitrogens with one attached hydrogen (secondary N) is 1. The number of benzene rings is 1. The van der Waals surface area contributed by atoms with Crippen LogP contribution in [0.5, 0.6) is 0 Å². The minimum atomic E-state index is -0.545. The molecule has 4 fully saturated rings. The largest absolute Gasteiger partial charge is 0.388 e. The molecule has 2 aliphatic carbocycles. The fourth-order valence-electron chi connectivity index (χ4n) is 6.56. The molecule has 3 heterocycles. The lowest BCUT2D eigenvalue weighted by Crippen LogP contribution is -2.56. The van der Waals surface area contributed by atoms with Gasteiger partial charge in [-0.25, -0.2) is 4.98 Å². The van der Waals surface area contributed by atoms with Gasteiger partial charge in [-0.15, -0.1) is 0 Å². The van der Waals surface area contributed by atoms with Gasteiger partial charge in [-0.1, -0.05) is 36.2 Å². The van der Waals surface area contributed by atoms with Crippen molar-refractivity contribution >= 4 is 41.1 Å². The van der Waals surface area contributed by atoms with E-state index in [0.29, 0.717) is 27.7 Å². The van der Waals surface area contributed by atoms with E-state index in [2.05, 4.69) is 29.0 Å². The number of piperidine rings is 1. The first-order valence-corrected chi connectivity index (χ1v) is 15.3. The Balaban J connectivity index is 0.00000103. The maximum absolute atomic E-state index is 11.0. The highest BCUT2D eigenvalue weighted by molar-refractivity contribution is 6.35. The zero-order valence-corrected chi connectivity index (χ0v) is 24.7. The van der Waals surface area contributed by atoms with Gasteiger partial charge in [0.1, 0.15) is 5.82 Å². The second-order valence-corrected chi connectivity index (χ2v) is 13.0. The van der Waals surface area contributed by atoms with Crippen LogP contribution in [0.4, 0.5) is 11.8 Å². The Morgan fingerprint density at radius 3 is 2.45 bits per heavy atom. The standard InChI is InChI=1S/C29H39Cl2N5O.CO2/c1-17-10-23(11-17)35-9-3-4-20(14-35)21-15-36(16-21)29-32-13-25(27(37)19-5-6-19)28(34-29)33-18(2)24-8-7-22(30)12-26(24)31;2-1-3/h7-8,12-13,17-21,23,27,37H,3-6,9-11,14-16H2,1-2H3,(H,32,33,34);/t17?,18-,20+,23?,27?;/m1./s1. The third-order valence-electron chi connectivity index (χ3n) is 9.19. The number of hydrogen-bond donors (Lipinski definition) is 2. The minimum absolute atomic E-state index is 0.0933. The summed E-state index contributed by atoms with van der Waals surface area (Å²) in [5.74, 6) is 4.15. The predicted octanol–water partition coefficient (Wildman–Crippen LogP) is 5.76. The Morgan fingerprint density at radius 2 is 1.80 bits per heavy atom. The molecule has 0 amide bonds. The maximum atomic E-state index is 11.0. The highest BCUT2D eigenvalue weighted by Crippen LogP contribution is 2.44. The molecule has 10 heteroatoms. The molecule has 2 N–H and O–H groups in total. The molecule has 0 spiro atoms. The third-order valence-corrected chi connectivity index (χ3v) is 9.75. The van der Waals surface area contributed by atoms with Crippen LogP contribution in [-0.2, 0) is 9.59 Å². The van der Waals surface area contributed by atoms with Crippen LogP contribution in [0.3, 0.4) is 0 Å². The molecular weight excluding hydrogens is 549 g/mol. The molecule has 2 saturated carbocycles. The van der Waals surface area contributed by atoms with Crippen LogP contribution < -0.4 is 10.2 Å². The SMILES string of the molecule is CC1CC(N2CCC[C@H](C3CN(c4ncc(C(O)C5CC5)c(N[C@H](C)c5ccc(Cl)cc5Cl)n4)C3)C2)C1.O=C=O. The number of rotatable bonds is 8. The number of likely N-dealkylation sites (tertiary alicyclic amines) is 1. The molecule has 6 rings (SSSR count). The molecule has 3 atom stereocenters. The molecule has 40 heavy (non-hydrogen) atoms. The summed E-state index contributed by atoms with van der Waals surface area (Å²) in [6.07, 6.45) is 9.07. The predicted molar refractivity (Wildman–Crippen MR) is 155 cm³/mol. The number of hydrogen-bond acceptors (Lipinski definition) is 8. The Morgan fingerprint density at radius 1 is 1.07 bits per heavy atom. The number of aliphatic hydroxyl groups is 1. The van der Waals surface area contributed by atoms with E-state index in [1.54, 1.807) is 6.07 Å². The van der Waals surface area contributed by atoms with Crippen molar-refractivity contribution in [2.45, 2.75) is 70.6 Å². The molecule has 4 aliphatic rings. The maximum Gasteiger partial charge on any atom is 0.373 e. The van der Waals surface area contributed by atoms with E-state index in [0.717, 1.165) is 60.9 Å². The lowest BCUT2D eigenvalue weighted by atomic mass is 9.76. The number of aromatic nitrogens is 2. The summed E-state index contributed by atoms with van der Waals surface area (Å²) in [4.78, 5) is 31.0. The van der Waals surface area contributed by atoms with Crippen LogP contribution in [0.1, 0.15) is 75.6 Å². The van der Waals surface area contributed by atoms with Crippen LogP contribution in [0, 0.1) is 23.7 Å². The van der Waals surface area contributed by atoms with Gasteiger partial charge in [0.2, 0.25) is 5.95 Å². The average Bonchev–Trinajstić information content (AvgIpc) is 3.72. The molecule has 0 radical (unpaired) electrons. The zero-order valence-electron chi connectivity index (χ0n) is 23.2. The summed E-state index contributed by atoms with van der Waals surface area (Å²) in [7, 11) is 0. The fourth-order valence-corrected chi connectivity index (χ4v) is 7.13. The number of nitrogens with zero attached hydrogens (tertiary/aromatic N) is 4. The monoisotopic (exact) mass is 587 g/mol. The number of carbonyl (C=O) groups excluding carboxylic acids is 2. The second kappa shape index (κ2) is 12.7. The van der Waals surface area contributed by atoms with Crippen LogP contribution >= 0.6 is 23.2 Å². The van der Waals surface area contributed by atoms with Gasteiger partial charge in [0.25, 0.3) is 0 Å². The van der Waals surface area contributed by atoms with Gasteiger partial charge in [0, 0.05) is 47.5 Å². The molecule has 2 aliphatic heterocycles. The first-order valence-electron chi connectivity index (χ1n) is 14.5. The van der Waals surface area contributed by atoms with Crippen molar-refractivity contribution in [3.63, 3.8) is 0 Å². The molecular formula is C30H39Cl2N5O3. The minimum Gasteiger partial charge on any atom is -0.388 e. The van der Waals surface area contributed by atoms with E-state index in [1.165, 1.54) is 38.8 Å². The molecule has 2 aromatic rings. The highest BCUT2D eigenvalue weighted by atomic mass is 35.5. The number of aliphatic hydroxyl groups excluding tert-OH is 1. The summed E-state index contributed by atoms with van der Waals surface area (Å²) in [6, 6.07) is 6.29. The van der Waals surface area contributed by atoms with Crippen LogP contribution in [0.2, 0.25) is 10.0 Å². The van der Waals surface area contributed by atoms with Gasteiger partial charge >= 0.3 is 6.15 Å². The molecule has 8 nitrogen and oxygen atoms in total. The Labute approximate surface area is 246 Å². The summed E-state index contributed by atoms with van der Waals surface area (Å²) < 4.78 is 0. The third kappa shape index (κ3) is 6.63. The zero-order chi connectivity index (χ0) is 28.4. The van der Waals surface area contributed by atoms with Crippen molar-refractivity contribution in [3.8, 4) is 0 Å². The van der Waals surface area contributed by atoms with E-state index >= 15 is 0 Å². The number of halogens is 2. The van der Waals surface area contributed by atoms with E-state index in [4.69, 9.17) is 42.8 Å². The fraction of sp³-hybridized carbons (Fsp3) is 0.633. The van der Waals surface area contributed by atoms with Gasteiger partial charge in [-0.05, 0) is 93.4 Å². The quantitative estimate of drug-likeness (QED) is 0.402. The van der Waals surface area contributed by atoms with Gasteiger partial charge in [-0.3, -0.25) is 0 Å². The molecule has 216 valence electrons. The molecule has 0 bridgehead atoms. The second-order valence-electron chi connectivity index (χ2n) is 12.2. The van der Waals surface area contributed by atoms with Crippen LogP contribution in [0.15, 0.2) is 24.4 Å². The summed E-state index contributed by atoms with van der Waals surface area (Å²) in [6.45, 7) is 9.01. The van der Waals surface area contributed by atoms with Crippen molar-refractivity contribution in [1.82, 2.24) is 14.9 Å². The molecule has 1 aromatic carbocycles. The van der Waals surface area contributed by atoms with Crippen molar-refractivity contribution in [1.29, 1.82) is 0 Å². The first kappa shape index (κ1) is 29.3. The van der Waals surface area contributed by atoms with Gasteiger partial charge < -0.3 is 20.2 Å². The first-order chi connectivity index (χ1) is 19.3. The Bertz CT molecular complexity index is 1210. The molecule has 2 saturated heterocycles. The van der Waals surface area contributed by atoms with Gasteiger partial charge in [-0.2, -0.15) is 14.6 Å². The highest BCUT2D eigenvalue weighted by Gasteiger charge is 2.40. The van der Waals surface area contributed by atoms with Crippen molar-refractivity contribution in [2.24, 2.45) is 23.7 Å². The lowest BCUT2D eigenvalue weighted by Gasteiger charge is -2.50. The summed E-state index contributed by atoms with van der Waals surface area (Å²) in [5.41, 5.74) is 1.72. The van der Waals surface area contributed by atoms with E-state index in [-0.39, 0.29) is 12.2 Å².